The van der Waals surface area contributed by atoms with E-state index in [0.717, 1.165) is 31.6 Å². The first-order valence-electron chi connectivity index (χ1n) is 7.85. The topological polar surface area (TPSA) is 32.3 Å². The fraction of sp³-hybridized carbons (Fsp3) is 0.278. The largest absolute Gasteiger partial charge is 0.370 e. The molecule has 0 atom stereocenters. The third-order valence-electron chi connectivity index (χ3n) is 4.08. The smallest absolute Gasteiger partial charge is 0.257 e. The van der Waals surface area contributed by atoms with E-state index in [1.165, 1.54) is 24.6 Å². The Morgan fingerprint density at radius 2 is 1.79 bits per heavy atom. The summed E-state index contributed by atoms with van der Waals surface area (Å²) < 4.78 is 13.7. The second-order valence-corrected chi connectivity index (χ2v) is 6.63. The van der Waals surface area contributed by atoms with E-state index in [1.54, 1.807) is 18.2 Å². The molecule has 24 heavy (non-hydrogen) atoms. The summed E-state index contributed by atoms with van der Waals surface area (Å²) in [5.74, 6) is -0.784. The van der Waals surface area contributed by atoms with Gasteiger partial charge in [0.2, 0.25) is 0 Å². The van der Waals surface area contributed by atoms with E-state index in [1.807, 2.05) is 0 Å². The van der Waals surface area contributed by atoms with Crippen molar-refractivity contribution in [1.29, 1.82) is 0 Å². The van der Waals surface area contributed by atoms with E-state index in [4.69, 9.17) is 23.2 Å². The van der Waals surface area contributed by atoms with Crippen molar-refractivity contribution >= 4 is 40.5 Å². The van der Waals surface area contributed by atoms with Crippen LogP contribution in [0.4, 0.5) is 15.8 Å². The SMILES string of the molecule is O=C(Nc1cc(F)ccc1N1CCCCC1)c1ccc(Cl)cc1Cl. The van der Waals surface area contributed by atoms with Crippen LogP contribution in [0.3, 0.4) is 0 Å². The zero-order chi connectivity index (χ0) is 17.1. The number of rotatable bonds is 3. The predicted octanol–water partition coefficient (Wildman–Crippen LogP) is 5.38. The molecule has 1 heterocycles. The molecule has 0 aliphatic carbocycles. The Balaban J connectivity index is 1.88. The van der Waals surface area contributed by atoms with Crippen LogP contribution < -0.4 is 10.2 Å². The molecule has 1 saturated heterocycles. The Kier molecular flexibility index (Phi) is 5.27. The highest BCUT2D eigenvalue weighted by atomic mass is 35.5. The Morgan fingerprint density at radius 3 is 2.50 bits per heavy atom. The molecule has 126 valence electrons. The van der Waals surface area contributed by atoms with Gasteiger partial charge in [0.05, 0.1) is 22.0 Å². The number of carbonyl (C=O) groups is 1. The summed E-state index contributed by atoms with van der Waals surface area (Å²) in [5.41, 5.74) is 1.58. The quantitative estimate of drug-likeness (QED) is 0.791. The van der Waals surface area contributed by atoms with Crippen molar-refractivity contribution in [3.8, 4) is 0 Å². The van der Waals surface area contributed by atoms with Gasteiger partial charge in [-0.1, -0.05) is 23.2 Å². The number of anilines is 2. The van der Waals surface area contributed by atoms with E-state index < -0.39 is 5.82 Å². The van der Waals surface area contributed by atoms with Crippen LogP contribution in [-0.2, 0) is 0 Å². The molecule has 0 radical (unpaired) electrons. The van der Waals surface area contributed by atoms with Crippen LogP contribution in [0.25, 0.3) is 0 Å². The zero-order valence-corrected chi connectivity index (χ0v) is 14.5. The van der Waals surface area contributed by atoms with Crippen molar-refractivity contribution < 1.29 is 9.18 Å². The molecule has 3 rings (SSSR count). The molecule has 6 heteroatoms. The van der Waals surface area contributed by atoms with E-state index in [9.17, 15) is 9.18 Å². The van der Waals surface area contributed by atoms with Crippen LogP contribution in [0.1, 0.15) is 29.6 Å². The van der Waals surface area contributed by atoms with Gasteiger partial charge in [0, 0.05) is 18.1 Å². The van der Waals surface area contributed by atoms with Gasteiger partial charge in [0.15, 0.2) is 0 Å². The second kappa shape index (κ2) is 7.41. The third-order valence-corrected chi connectivity index (χ3v) is 4.63. The number of carbonyl (C=O) groups excluding carboxylic acids is 1. The van der Waals surface area contributed by atoms with Crippen LogP contribution >= 0.6 is 23.2 Å². The van der Waals surface area contributed by atoms with Crippen molar-refractivity contribution in [1.82, 2.24) is 0 Å². The number of benzene rings is 2. The molecular formula is C18H17Cl2FN2O. The molecule has 1 N–H and O–H groups in total. The summed E-state index contributed by atoms with van der Waals surface area (Å²) in [5, 5.41) is 3.49. The molecule has 2 aromatic carbocycles. The average molecular weight is 367 g/mol. The van der Waals surface area contributed by atoms with E-state index in [2.05, 4.69) is 10.2 Å². The van der Waals surface area contributed by atoms with Gasteiger partial charge in [-0.3, -0.25) is 4.79 Å². The molecule has 0 spiro atoms. The first-order chi connectivity index (χ1) is 11.5. The average Bonchev–Trinajstić information content (AvgIpc) is 2.55. The molecule has 2 aromatic rings. The van der Waals surface area contributed by atoms with E-state index in [0.29, 0.717) is 16.3 Å². The van der Waals surface area contributed by atoms with Crippen molar-refractivity contribution in [3.63, 3.8) is 0 Å². The summed E-state index contributed by atoms with van der Waals surface area (Å²) in [6.07, 6.45) is 3.38. The maximum absolute atomic E-state index is 13.7. The molecule has 0 unspecified atom stereocenters. The number of nitrogens with one attached hydrogen (secondary N) is 1. The van der Waals surface area contributed by atoms with Gasteiger partial charge < -0.3 is 10.2 Å². The third kappa shape index (κ3) is 3.82. The van der Waals surface area contributed by atoms with Gasteiger partial charge in [0.25, 0.3) is 5.91 Å². The lowest BCUT2D eigenvalue weighted by atomic mass is 10.1. The molecule has 3 nitrogen and oxygen atoms in total. The lowest BCUT2D eigenvalue weighted by Crippen LogP contribution is -2.30. The normalized spacial score (nSPS) is 14.5. The van der Waals surface area contributed by atoms with E-state index >= 15 is 0 Å². The Labute approximate surface area is 150 Å². The van der Waals surface area contributed by atoms with Crippen LogP contribution in [0.2, 0.25) is 10.0 Å². The van der Waals surface area contributed by atoms with Gasteiger partial charge in [0.1, 0.15) is 5.82 Å². The number of nitrogens with zero attached hydrogens (tertiary/aromatic N) is 1. The fourth-order valence-electron chi connectivity index (χ4n) is 2.88. The minimum Gasteiger partial charge on any atom is -0.370 e. The lowest BCUT2D eigenvalue weighted by molar-refractivity contribution is 0.102. The molecule has 1 aliphatic rings. The Hall–Kier alpha value is -1.78. The summed E-state index contributed by atoms with van der Waals surface area (Å²) in [6, 6.07) is 9.12. The van der Waals surface area contributed by atoms with Gasteiger partial charge in [-0.2, -0.15) is 0 Å². The number of hydrogen-bond donors (Lipinski definition) is 1. The van der Waals surface area contributed by atoms with Crippen molar-refractivity contribution in [2.24, 2.45) is 0 Å². The van der Waals surface area contributed by atoms with Crippen LogP contribution in [0.15, 0.2) is 36.4 Å². The van der Waals surface area contributed by atoms with Gasteiger partial charge in [-0.15, -0.1) is 0 Å². The summed E-state index contributed by atoms with van der Waals surface area (Å²) in [4.78, 5) is 14.7. The Bertz CT molecular complexity index is 761. The molecule has 0 aromatic heterocycles. The standard InChI is InChI=1S/C18H17Cl2FN2O/c19-12-4-6-14(15(20)10-12)18(24)22-16-11-13(21)5-7-17(16)23-8-2-1-3-9-23/h4-7,10-11H,1-3,8-9H2,(H,22,24). The van der Waals surface area contributed by atoms with Crippen LogP contribution in [0.5, 0.6) is 0 Å². The monoisotopic (exact) mass is 366 g/mol. The second-order valence-electron chi connectivity index (χ2n) is 5.79. The van der Waals surface area contributed by atoms with Crippen LogP contribution in [-0.4, -0.2) is 19.0 Å². The molecule has 1 amide bonds. The van der Waals surface area contributed by atoms with Crippen molar-refractivity contribution in [2.75, 3.05) is 23.3 Å². The molecular weight excluding hydrogens is 350 g/mol. The van der Waals surface area contributed by atoms with Crippen molar-refractivity contribution in [3.05, 3.63) is 57.8 Å². The van der Waals surface area contributed by atoms with E-state index in [-0.39, 0.29) is 10.9 Å². The minimum atomic E-state index is -0.395. The molecule has 1 fully saturated rings. The Morgan fingerprint density at radius 1 is 1.04 bits per heavy atom. The van der Waals surface area contributed by atoms with Crippen LogP contribution in [0, 0.1) is 5.82 Å². The maximum atomic E-state index is 13.7. The highest BCUT2D eigenvalue weighted by Gasteiger charge is 2.18. The molecule has 1 aliphatic heterocycles. The number of amides is 1. The first kappa shape index (κ1) is 17.1. The maximum Gasteiger partial charge on any atom is 0.257 e. The summed E-state index contributed by atoms with van der Waals surface area (Å²) >= 11 is 11.9. The minimum absolute atomic E-state index is 0.260. The lowest BCUT2D eigenvalue weighted by Gasteiger charge is -2.30. The van der Waals surface area contributed by atoms with Gasteiger partial charge in [-0.05, 0) is 55.7 Å². The van der Waals surface area contributed by atoms with Crippen molar-refractivity contribution in [2.45, 2.75) is 19.3 Å². The highest BCUT2D eigenvalue weighted by Crippen LogP contribution is 2.30. The van der Waals surface area contributed by atoms with Gasteiger partial charge in [-0.25, -0.2) is 4.39 Å². The highest BCUT2D eigenvalue weighted by molar-refractivity contribution is 6.37. The van der Waals surface area contributed by atoms with Gasteiger partial charge >= 0.3 is 0 Å². The summed E-state index contributed by atoms with van der Waals surface area (Å²) in [6.45, 7) is 1.80. The number of hydrogen-bond acceptors (Lipinski definition) is 2. The predicted molar refractivity (Wildman–Crippen MR) is 96.9 cm³/mol. The number of halogens is 3. The molecule has 0 bridgehead atoms. The summed E-state index contributed by atoms with van der Waals surface area (Å²) in [7, 11) is 0. The number of piperidine rings is 1. The zero-order valence-electron chi connectivity index (χ0n) is 13.0. The molecule has 0 saturated carbocycles. The first-order valence-corrected chi connectivity index (χ1v) is 8.61. The fourth-order valence-corrected chi connectivity index (χ4v) is 3.38.